The second kappa shape index (κ2) is 8.98. The van der Waals surface area contributed by atoms with Crippen molar-refractivity contribution in [3.8, 4) is 11.5 Å². The van der Waals surface area contributed by atoms with Crippen LogP contribution in [0.3, 0.4) is 0 Å². The van der Waals surface area contributed by atoms with Gasteiger partial charge in [0.1, 0.15) is 12.4 Å². The van der Waals surface area contributed by atoms with E-state index in [0.717, 1.165) is 28.1 Å². The highest BCUT2D eigenvalue weighted by Gasteiger charge is 2.34. The molecule has 2 heterocycles. The zero-order valence-electron chi connectivity index (χ0n) is 18.9. The van der Waals surface area contributed by atoms with Gasteiger partial charge in [0.05, 0.1) is 24.7 Å². The van der Waals surface area contributed by atoms with Gasteiger partial charge in [-0.3, -0.25) is 4.79 Å². The van der Waals surface area contributed by atoms with Crippen molar-refractivity contribution in [3.63, 3.8) is 0 Å². The Bertz CT molecular complexity index is 1300. The van der Waals surface area contributed by atoms with Crippen molar-refractivity contribution < 1.29 is 14.3 Å². The van der Waals surface area contributed by atoms with Gasteiger partial charge in [-0.15, -0.1) is 0 Å². The number of hydrogen-bond donors (Lipinski definition) is 0. The molecule has 1 unspecified atom stereocenters. The average Bonchev–Trinajstić information content (AvgIpc) is 3.40. The van der Waals surface area contributed by atoms with Gasteiger partial charge in [0.15, 0.2) is 11.5 Å². The van der Waals surface area contributed by atoms with Gasteiger partial charge in [-0.25, -0.2) is 4.98 Å². The first-order valence-corrected chi connectivity index (χ1v) is 11.2. The van der Waals surface area contributed by atoms with Gasteiger partial charge in [0, 0.05) is 24.6 Å². The molecule has 3 aromatic carbocycles. The summed E-state index contributed by atoms with van der Waals surface area (Å²) in [5, 5.41) is 0. The number of fused-ring (bicyclic) bond motifs is 1. The third kappa shape index (κ3) is 4.16. The molecule has 6 heteroatoms. The fourth-order valence-electron chi connectivity index (χ4n) is 4.55. The number of imidazole rings is 1. The first kappa shape index (κ1) is 21.1. The predicted octanol–water partition coefficient (Wildman–Crippen LogP) is 4.95. The first-order valence-electron chi connectivity index (χ1n) is 11.2. The van der Waals surface area contributed by atoms with Gasteiger partial charge in [-0.2, -0.15) is 0 Å². The fraction of sp³-hybridized carbons (Fsp3) is 0.259. The number of benzene rings is 3. The Kier molecular flexibility index (Phi) is 5.73. The number of amides is 1. The summed E-state index contributed by atoms with van der Waals surface area (Å²) in [5.41, 5.74) is 4.08. The van der Waals surface area contributed by atoms with E-state index < -0.39 is 0 Å². The number of anilines is 1. The number of ether oxygens (including phenoxy) is 2. The summed E-state index contributed by atoms with van der Waals surface area (Å²) in [6, 6.07) is 23.8. The Morgan fingerprint density at radius 2 is 1.79 bits per heavy atom. The molecule has 0 N–H and O–H groups in total. The van der Waals surface area contributed by atoms with Crippen LogP contribution in [0.25, 0.3) is 11.0 Å². The number of rotatable bonds is 7. The van der Waals surface area contributed by atoms with Crippen molar-refractivity contribution in [2.24, 2.45) is 0 Å². The van der Waals surface area contributed by atoms with Crippen LogP contribution in [0.2, 0.25) is 0 Å². The van der Waals surface area contributed by atoms with Crippen LogP contribution < -0.4 is 14.4 Å². The standard InChI is InChI=1S/C27H27N3O3/c1-19-8-7-9-21(16-19)30-18-20(17-26(30)31)27-28-22-10-3-4-11-23(22)29(27)14-15-33-25-13-6-5-12-24(25)32-2/h3-13,16,20H,14-15,17-18H2,1-2H3. The quantitative estimate of drug-likeness (QED) is 0.407. The molecule has 1 fully saturated rings. The Labute approximate surface area is 193 Å². The summed E-state index contributed by atoms with van der Waals surface area (Å²) in [6.07, 6.45) is 0.449. The topological polar surface area (TPSA) is 56.6 Å². The highest BCUT2D eigenvalue weighted by molar-refractivity contribution is 5.96. The SMILES string of the molecule is COc1ccccc1OCCn1c(C2CC(=O)N(c3cccc(C)c3)C2)nc2ccccc21. The van der Waals surface area contributed by atoms with Gasteiger partial charge in [-0.05, 0) is 48.9 Å². The van der Waals surface area contributed by atoms with Crippen molar-refractivity contribution in [2.75, 3.05) is 25.2 Å². The van der Waals surface area contributed by atoms with Crippen LogP contribution in [0.15, 0.2) is 72.8 Å². The zero-order valence-corrected chi connectivity index (χ0v) is 18.9. The van der Waals surface area contributed by atoms with Gasteiger partial charge >= 0.3 is 0 Å². The Morgan fingerprint density at radius 3 is 2.61 bits per heavy atom. The van der Waals surface area contributed by atoms with E-state index >= 15 is 0 Å². The van der Waals surface area contributed by atoms with Crippen LogP contribution in [0, 0.1) is 6.92 Å². The fourth-order valence-corrected chi connectivity index (χ4v) is 4.55. The second-order valence-electron chi connectivity index (χ2n) is 8.35. The Hall–Kier alpha value is -3.80. The van der Waals surface area contributed by atoms with Crippen LogP contribution in [0.1, 0.15) is 23.7 Å². The summed E-state index contributed by atoms with van der Waals surface area (Å²) in [5.74, 6) is 2.52. The third-order valence-electron chi connectivity index (χ3n) is 6.13. The van der Waals surface area contributed by atoms with E-state index in [4.69, 9.17) is 14.5 Å². The first-order chi connectivity index (χ1) is 16.1. The van der Waals surface area contributed by atoms with Crippen molar-refractivity contribution in [1.29, 1.82) is 0 Å². The van der Waals surface area contributed by atoms with Crippen molar-refractivity contribution >= 4 is 22.6 Å². The lowest BCUT2D eigenvalue weighted by Gasteiger charge is -2.18. The molecule has 0 radical (unpaired) electrons. The van der Waals surface area contributed by atoms with Crippen LogP contribution >= 0.6 is 0 Å². The molecule has 1 atom stereocenters. The van der Waals surface area contributed by atoms with E-state index in [1.54, 1.807) is 7.11 Å². The maximum absolute atomic E-state index is 12.9. The molecule has 1 aliphatic heterocycles. The highest BCUT2D eigenvalue weighted by Crippen LogP contribution is 2.33. The zero-order chi connectivity index (χ0) is 22.8. The predicted molar refractivity (Wildman–Crippen MR) is 129 cm³/mol. The molecule has 0 bridgehead atoms. The molecule has 0 aliphatic carbocycles. The van der Waals surface area contributed by atoms with E-state index in [2.05, 4.69) is 16.7 Å². The highest BCUT2D eigenvalue weighted by atomic mass is 16.5. The lowest BCUT2D eigenvalue weighted by atomic mass is 10.1. The van der Waals surface area contributed by atoms with Crippen LogP contribution in [0.4, 0.5) is 5.69 Å². The molecular weight excluding hydrogens is 414 g/mol. The van der Waals surface area contributed by atoms with Crippen LogP contribution in [-0.2, 0) is 11.3 Å². The Balaban J connectivity index is 1.41. The van der Waals surface area contributed by atoms with E-state index in [0.29, 0.717) is 37.6 Å². The third-order valence-corrected chi connectivity index (χ3v) is 6.13. The van der Waals surface area contributed by atoms with E-state index in [9.17, 15) is 4.79 Å². The number of para-hydroxylation sites is 4. The van der Waals surface area contributed by atoms with Crippen LogP contribution in [0.5, 0.6) is 11.5 Å². The molecule has 33 heavy (non-hydrogen) atoms. The Morgan fingerprint density at radius 1 is 1.00 bits per heavy atom. The summed E-state index contributed by atoms with van der Waals surface area (Å²) < 4.78 is 13.6. The molecule has 1 aliphatic rings. The lowest BCUT2D eigenvalue weighted by Crippen LogP contribution is -2.24. The largest absolute Gasteiger partial charge is 0.493 e. The average molecular weight is 442 g/mol. The number of nitrogens with zero attached hydrogens (tertiary/aromatic N) is 3. The van der Waals surface area contributed by atoms with Gasteiger partial charge in [0.2, 0.25) is 5.91 Å². The number of aromatic nitrogens is 2. The van der Waals surface area contributed by atoms with Crippen molar-refractivity contribution in [1.82, 2.24) is 9.55 Å². The van der Waals surface area contributed by atoms with Gasteiger partial charge in [-0.1, -0.05) is 36.4 Å². The molecule has 1 aromatic heterocycles. The summed E-state index contributed by atoms with van der Waals surface area (Å²) in [4.78, 5) is 19.7. The molecular formula is C27H27N3O3. The minimum Gasteiger partial charge on any atom is -0.493 e. The smallest absolute Gasteiger partial charge is 0.227 e. The van der Waals surface area contributed by atoms with Gasteiger partial charge in [0.25, 0.3) is 0 Å². The van der Waals surface area contributed by atoms with E-state index in [-0.39, 0.29) is 11.8 Å². The number of aryl methyl sites for hydroxylation is 1. The second-order valence-corrected chi connectivity index (χ2v) is 8.35. The summed E-state index contributed by atoms with van der Waals surface area (Å²) >= 11 is 0. The van der Waals surface area contributed by atoms with Crippen molar-refractivity contribution in [3.05, 3.63) is 84.2 Å². The van der Waals surface area contributed by atoms with Gasteiger partial charge < -0.3 is 18.9 Å². The van der Waals surface area contributed by atoms with E-state index in [1.165, 1.54) is 0 Å². The molecule has 1 saturated heterocycles. The number of hydrogen-bond acceptors (Lipinski definition) is 4. The molecule has 4 aromatic rings. The number of carbonyl (C=O) groups excluding carboxylic acids is 1. The molecule has 6 nitrogen and oxygen atoms in total. The minimum atomic E-state index is 0.0247. The molecule has 5 rings (SSSR count). The summed E-state index contributed by atoms with van der Waals surface area (Å²) in [7, 11) is 1.64. The molecule has 0 saturated carbocycles. The maximum atomic E-state index is 12.9. The monoisotopic (exact) mass is 441 g/mol. The summed E-state index contributed by atoms with van der Waals surface area (Å²) in [6.45, 7) is 3.76. The normalized spacial score (nSPS) is 15.9. The minimum absolute atomic E-state index is 0.0247. The number of methoxy groups -OCH3 is 1. The molecule has 1 amide bonds. The van der Waals surface area contributed by atoms with E-state index in [1.807, 2.05) is 72.5 Å². The molecule has 0 spiro atoms. The van der Waals surface area contributed by atoms with Crippen LogP contribution in [-0.4, -0.2) is 35.7 Å². The number of carbonyl (C=O) groups is 1. The molecule has 168 valence electrons. The maximum Gasteiger partial charge on any atom is 0.227 e. The lowest BCUT2D eigenvalue weighted by molar-refractivity contribution is -0.117. The van der Waals surface area contributed by atoms with Crippen molar-refractivity contribution in [2.45, 2.75) is 25.8 Å².